The maximum atomic E-state index is 14.5. The zero-order chi connectivity index (χ0) is 28.4. The topological polar surface area (TPSA) is 77.4 Å². The average molecular weight is 530 g/mol. The molecule has 6 nitrogen and oxygen atoms in total. The largest absolute Gasteiger partial charge is 0.425 e. The van der Waals surface area contributed by atoms with Crippen LogP contribution < -0.4 is 0 Å². The lowest BCUT2D eigenvalue weighted by Crippen LogP contribution is -2.64. The lowest BCUT2D eigenvalue weighted by molar-refractivity contribution is -0.166. The Balaban J connectivity index is 1.48. The van der Waals surface area contributed by atoms with Gasteiger partial charge in [0.1, 0.15) is 0 Å². The van der Waals surface area contributed by atoms with Gasteiger partial charge >= 0.3 is 0 Å². The molecule has 39 heavy (non-hydrogen) atoms. The summed E-state index contributed by atoms with van der Waals surface area (Å²) >= 11 is 0. The summed E-state index contributed by atoms with van der Waals surface area (Å²) in [5.41, 5.74) is -0.251. The molecular formula is C33H43N3O3. The Hall–Kier alpha value is -2.55. The molecular weight excluding hydrogens is 486 g/mol. The highest BCUT2D eigenvalue weighted by Crippen LogP contribution is 2.74. The Bertz CT molecular complexity index is 1390. The first-order valence-electron chi connectivity index (χ1n) is 14.8. The second-order valence-corrected chi connectivity index (χ2v) is 15.4. The number of aromatic nitrogens is 2. The molecule has 8 atom stereocenters. The number of ketones is 2. The molecule has 0 aliphatic heterocycles. The Labute approximate surface area is 232 Å². The van der Waals surface area contributed by atoms with Crippen molar-refractivity contribution in [1.82, 2.24) is 10.2 Å². The number of nitrogens with zero attached hydrogens (tertiary/aromatic N) is 3. The van der Waals surface area contributed by atoms with Crippen molar-refractivity contribution in [3.8, 4) is 0 Å². The minimum Gasteiger partial charge on any atom is -0.425 e. The van der Waals surface area contributed by atoms with E-state index in [9.17, 15) is 9.59 Å². The monoisotopic (exact) mass is 529 g/mol. The number of carbonyl (C=O) groups excluding carboxylic acids is 2. The molecule has 0 amide bonds. The summed E-state index contributed by atoms with van der Waals surface area (Å²) in [7, 11) is 0. The Morgan fingerprint density at radius 2 is 1.67 bits per heavy atom. The second kappa shape index (κ2) is 7.80. The third-order valence-corrected chi connectivity index (χ3v) is 13.1. The molecule has 208 valence electrons. The van der Waals surface area contributed by atoms with Gasteiger partial charge in [0.05, 0.1) is 6.57 Å². The van der Waals surface area contributed by atoms with Crippen LogP contribution in [-0.2, 0) is 15.0 Å². The second-order valence-electron chi connectivity index (χ2n) is 15.4. The summed E-state index contributed by atoms with van der Waals surface area (Å²) in [6.45, 7) is 25.2. The summed E-state index contributed by atoms with van der Waals surface area (Å²) in [5.74, 6) is 1.71. The molecule has 3 fully saturated rings. The van der Waals surface area contributed by atoms with Gasteiger partial charge in [0.15, 0.2) is 11.6 Å². The van der Waals surface area contributed by atoms with E-state index in [0.29, 0.717) is 11.8 Å². The summed E-state index contributed by atoms with van der Waals surface area (Å²) in [6.07, 6.45) is 10.8. The van der Waals surface area contributed by atoms with E-state index in [2.05, 4.69) is 49.7 Å². The first-order valence-corrected chi connectivity index (χ1v) is 14.8. The van der Waals surface area contributed by atoms with Gasteiger partial charge in [-0.25, -0.2) is 4.85 Å². The molecule has 0 bridgehead atoms. The smallest absolute Gasteiger partial charge is 0.226 e. The Kier molecular flexibility index (Phi) is 5.33. The highest BCUT2D eigenvalue weighted by molar-refractivity contribution is 6.03. The summed E-state index contributed by atoms with van der Waals surface area (Å²) in [5, 5.41) is 8.57. The highest BCUT2D eigenvalue weighted by Gasteiger charge is 2.69. The van der Waals surface area contributed by atoms with Crippen molar-refractivity contribution in [3.63, 3.8) is 0 Å². The van der Waals surface area contributed by atoms with E-state index in [1.807, 2.05) is 32.9 Å². The van der Waals surface area contributed by atoms with Crippen LogP contribution >= 0.6 is 0 Å². The lowest BCUT2D eigenvalue weighted by atomic mass is 9.34. The standard InChI is InChI=1S/C33H43N3O3/c1-19-35-36-27(39-19)30(5)13-12-29(4)14-15-33(8)25(20(29)17-30)22(37)16-24-31(6)18-21(34-9)26(38)28(2,3)23(31)10-11-32(24,33)7/h16,18,20,23,25H,10-15,17H2,1-8H3/t20-,23-,25-,29+,30-,31-,32+,33+/m0/s1. The Morgan fingerprint density at radius 1 is 0.974 bits per heavy atom. The molecule has 3 saturated carbocycles. The van der Waals surface area contributed by atoms with Gasteiger partial charge in [-0.1, -0.05) is 60.1 Å². The van der Waals surface area contributed by atoms with E-state index in [1.54, 1.807) is 0 Å². The molecule has 0 saturated heterocycles. The molecule has 1 heterocycles. The summed E-state index contributed by atoms with van der Waals surface area (Å²) in [6, 6.07) is 0. The van der Waals surface area contributed by atoms with Crippen molar-refractivity contribution in [3.05, 3.63) is 46.6 Å². The van der Waals surface area contributed by atoms with Crippen LogP contribution in [0.4, 0.5) is 0 Å². The zero-order valence-corrected chi connectivity index (χ0v) is 24.9. The fourth-order valence-corrected chi connectivity index (χ4v) is 10.4. The lowest BCUT2D eigenvalue weighted by Gasteiger charge is -2.69. The number of fused-ring (bicyclic) bond motifs is 7. The van der Waals surface area contributed by atoms with Crippen molar-refractivity contribution in [1.29, 1.82) is 0 Å². The van der Waals surface area contributed by atoms with Gasteiger partial charge in [-0.05, 0) is 79.1 Å². The SMILES string of the molecule is [C-]#[N+]C1=C[C@]2(C)C3=CC(=O)[C@@H]4[C@@H]5C[C@@](C)(c6nnc(C)o6)CC[C@]5(C)CC[C@@]4(C)[C@]3(C)CC[C@H]2C(C)(C)C1=O. The van der Waals surface area contributed by atoms with Crippen molar-refractivity contribution < 1.29 is 14.0 Å². The van der Waals surface area contributed by atoms with Gasteiger partial charge in [-0.2, -0.15) is 0 Å². The normalized spacial score (nSPS) is 46.6. The minimum atomic E-state index is -0.634. The number of hydrogen-bond donors (Lipinski definition) is 0. The summed E-state index contributed by atoms with van der Waals surface area (Å²) in [4.78, 5) is 31.4. The van der Waals surface area contributed by atoms with Crippen LogP contribution in [-0.4, -0.2) is 21.8 Å². The first kappa shape index (κ1) is 26.7. The van der Waals surface area contributed by atoms with Crippen LogP contribution in [0.1, 0.15) is 105 Å². The quantitative estimate of drug-likeness (QED) is 0.360. The third-order valence-electron chi connectivity index (χ3n) is 13.1. The first-order chi connectivity index (χ1) is 18.1. The number of rotatable bonds is 1. The third kappa shape index (κ3) is 3.19. The number of hydrogen-bond acceptors (Lipinski definition) is 5. The molecule has 0 unspecified atom stereocenters. The Morgan fingerprint density at radius 3 is 2.31 bits per heavy atom. The van der Waals surface area contributed by atoms with Crippen LogP contribution in [0, 0.1) is 58.3 Å². The van der Waals surface area contributed by atoms with E-state index < -0.39 is 10.8 Å². The van der Waals surface area contributed by atoms with Gasteiger partial charge in [0.25, 0.3) is 0 Å². The number of aryl methyl sites for hydroxylation is 1. The molecule has 6 heteroatoms. The number of carbonyl (C=O) groups is 2. The van der Waals surface area contributed by atoms with E-state index in [1.165, 1.54) is 0 Å². The molecule has 0 N–H and O–H groups in total. The van der Waals surface area contributed by atoms with Crippen LogP contribution in [0.5, 0.6) is 0 Å². The number of allylic oxidation sites excluding steroid dienone is 4. The maximum Gasteiger partial charge on any atom is 0.226 e. The predicted molar refractivity (Wildman–Crippen MR) is 148 cm³/mol. The molecule has 0 spiro atoms. The van der Waals surface area contributed by atoms with Crippen molar-refractivity contribution in [2.45, 2.75) is 106 Å². The van der Waals surface area contributed by atoms with Crippen molar-refractivity contribution in [2.75, 3.05) is 0 Å². The fraction of sp³-hybridized carbons (Fsp3) is 0.727. The van der Waals surface area contributed by atoms with Gasteiger partial charge < -0.3 is 9.21 Å². The molecule has 6 rings (SSSR count). The zero-order valence-electron chi connectivity index (χ0n) is 24.9. The maximum absolute atomic E-state index is 14.5. The predicted octanol–water partition coefficient (Wildman–Crippen LogP) is 7.20. The molecule has 5 aliphatic rings. The van der Waals surface area contributed by atoms with Crippen LogP contribution in [0.3, 0.4) is 0 Å². The van der Waals surface area contributed by atoms with Gasteiger partial charge in [0, 0.05) is 29.1 Å². The van der Waals surface area contributed by atoms with Crippen molar-refractivity contribution >= 4 is 11.6 Å². The van der Waals surface area contributed by atoms with Gasteiger partial charge in [-0.15, -0.1) is 10.2 Å². The average Bonchev–Trinajstić information content (AvgIpc) is 3.31. The van der Waals surface area contributed by atoms with E-state index >= 15 is 0 Å². The van der Waals surface area contributed by atoms with Gasteiger partial charge in [0.2, 0.25) is 17.5 Å². The molecule has 0 radical (unpaired) electrons. The molecule has 1 aromatic rings. The van der Waals surface area contributed by atoms with Crippen LogP contribution in [0.15, 0.2) is 27.8 Å². The van der Waals surface area contributed by atoms with Gasteiger partial charge in [-0.3, -0.25) is 4.79 Å². The highest BCUT2D eigenvalue weighted by atomic mass is 16.4. The van der Waals surface area contributed by atoms with Crippen LogP contribution in [0.2, 0.25) is 0 Å². The van der Waals surface area contributed by atoms with Crippen molar-refractivity contribution in [2.24, 2.45) is 44.8 Å². The van der Waals surface area contributed by atoms with E-state index in [4.69, 9.17) is 11.0 Å². The van der Waals surface area contributed by atoms with E-state index in [-0.39, 0.29) is 56.7 Å². The summed E-state index contributed by atoms with van der Waals surface area (Å²) < 4.78 is 5.98. The molecule has 0 aromatic carbocycles. The number of Topliss-reactive ketones (excluding diaryl/α,β-unsaturated/α-hetero) is 1. The van der Waals surface area contributed by atoms with E-state index in [0.717, 1.165) is 50.5 Å². The van der Waals surface area contributed by atoms with Crippen LogP contribution in [0.25, 0.3) is 4.85 Å². The minimum absolute atomic E-state index is 0.0541. The molecule has 5 aliphatic carbocycles. The molecule has 1 aromatic heterocycles. The fourth-order valence-electron chi connectivity index (χ4n) is 10.4.